The first-order chi connectivity index (χ1) is 8.62. The molecule has 1 fully saturated rings. The zero-order chi connectivity index (χ0) is 14.3. The lowest BCUT2D eigenvalue weighted by Gasteiger charge is -2.55. The molecule has 0 unspecified atom stereocenters. The summed E-state index contributed by atoms with van der Waals surface area (Å²) in [6.07, 6.45) is 2.57. The molecule has 0 amide bonds. The van der Waals surface area contributed by atoms with Gasteiger partial charge in [0, 0.05) is 17.5 Å². The summed E-state index contributed by atoms with van der Waals surface area (Å²) >= 11 is 0. The van der Waals surface area contributed by atoms with Crippen LogP contribution in [-0.4, -0.2) is 12.1 Å². The number of hydrogen-bond acceptors (Lipinski definition) is 1. The molecular weight excluding hydrogens is 230 g/mol. The van der Waals surface area contributed by atoms with Crippen molar-refractivity contribution < 1.29 is 0 Å². The molecule has 1 saturated carbocycles. The van der Waals surface area contributed by atoms with Gasteiger partial charge < -0.3 is 5.32 Å². The van der Waals surface area contributed by atoms with Crippen molar-refractivity contribution in [2.75, 3.05) is 6.54 Å². The fourth-order valence-electron chi connectivity index (χ4n) is 3.55. The maximum atomic E-state index is 3.72. The molecule has 0 radical (unpaired) electrons. The smallest absolute Gasteiger partial charge is 0.00968 e. The lowest BCUT2D eigenvalue weighted by molar-refractivity contribution is 0.0512. The van der Waals surface area contributed by atoms with Gasteiger partial charge in [0.05, 0.1) is 0 Å². The van der Waals surface area contributed by atoms with E-state index in [2.05, 4.69) is 71.1 Å². The van der Waals surface area contributed by atoms with Crippen molar-refractivity contribution in [1.82, 2.24) is 5.32 Å². The lowest BCUT2D eigenvalue weighted by atomic mass is 9.51. The highest BCUT2D eigenvalue weighted by Gasteiger charge is 2.50. The summed E-state index contributed by atoms with van der Waals surface area (Å²) in [5, 5.41) is 3.72. The van der Waals surface area contributed by atoms with Gasteiger partial charge in [0.15, 0.2) is 0 Å². The number of benzene rings is 1. The zero-order valence-electron chi connectivity index (χ0n) is 13.4. The maximum Gasteiger partial charge on any atom is 0.00968 e. The van der Waals surface area contributed by atoms with Gasteiger partial charge in [-0.15, -0.1) is 0 Å². The number of hydrogen-bond donors (Lipinski definition) is 1. The molecule has 1 nitrogen and oxygen atoms in total. The molecular formula is C18H29N. The Morgan fingerprint density at radius 1 is 1.05 bits per heavy atom. The fourth-order valence-corrected chi connectivity index (χ4v) is 3.55. The van der Waals surface area contributed by atoms with Gasteiger partial charge in [-0.05, 0) is 51.5 Å². The summed E-state index contributed by atoms with van der Waals surface area (Å²) < 4.78 is 0. The van der Waals surface area contributed by atoms with Gasteiger partial charge in [-0.2, -0.15) is 0 Å². The van der Waals surface area contributed by atoms with Crippen molar-refractivity contribution in [3.05, 3.63) is 35.4 Å². The van der Waals surface area contributed by atoms with Crippen LogP contribution in [0.15, 0.2) is 24.3 Å². The van der Waals surface area contributed by atoms with E-state index in [4.69, 9.17) is 0 Å². The van der Waals surface area contributed by atoms with E-state index in [1.54, 1.807) is 0 Å². The van der Waals surface area contributed by atoms with Crippen molar-refractivity contribution in [1.29, 1.82) is 0 Å². The summed E-state index contributed by atoms with van der Waals surface area (Å²) in [6, 6.07) is 9.16. The Labute approximate surface area is 118 Å². The van der Waals surface area contributed by atoms with E-state index >= 15 is 0 Å². The monoisotopic (exact) mass is 259 g/mol. The lowest BCUT2D eigenvalue weighted by Crippen LogP contribution is -2.55. The molecule has 0 spiro atoms. The molecule has 1 aromatic carbocycles. The highest BCUT2D eigenvalue weighted by Crippen LogP contribution is 2.55. The van der Waals surface area contributed by atoms with Gasteiger partial charge in [-0.25, -0.2) is 0 Å². The largest absolute Gasteiger partial charge is 0.311 e. The normalized spacial score (nSPS) is 20.9. The van der Waals surface area contributed by atoms with E-state index in [1.807, 2.05) is 0 Å². The second-order valence-corrected chi connectivity index (χ2v) is 8.27. The molecule has 1 aliphatic carbocycles. The van der Waals surface area contributed by atoms with Gasteiger partial charge in [0.2, 0.25) is 0 Å². The van der Waals surface area contributed by atoms with E-state index in [-0.39, 0.29) is 5.54 Å². The molecule has 0 heterocycles. The minimum absolute atomic E-state index is 0.192. The molecule has 1 aliphatic rings. The van der Waals surface area contributed by atoms with Crippen LogP contribution in [0.1, 0.15) is 58.6 Å². The second-order valence-electron chi connectivity index (χ2n) is 8.27. The van der Waals surface area contributed by atoms with E-state index in [9.17, 15) is 0 Å². The third-order valence-corrected chi connectivity index (χ3v) is 4.25. The third kappa shape index (κ3) is 3.39. The standard InChI is InChI=1S/C18H29N/c1-14-7-9-15(10-8-14)18(11-17(5,6)12-18)13-19-16(2,3)4/h7-10,19H,11-13H2,1-6H3. The van der Waals surface area contributed by atoms with Crippen LogP contribution < -0.4 is 5.32 Å². The first-order valence-corrected chi connectivity index (χ1v) is 7.44. The molecule has 1 aromatic rings. The van der Waals surface area contributed by atoms with E-state index in [0.29, 0.717) is 10.8 Å². The van der Waals surface area contributed by atoms with Crippen LogP contribution in [0.4, 0.5) is 0 Å². The molecule has 0 aliphatic heterocycles. The van der Waals surface area contributed by atoms with Crippen molar-refractivity contribution >= 4 is 0 Å². The molecule has 0 aromatic heterocycles. The average molecular weight is 259 g/mol. The Hall–Kier alpha value is -0.820. The molecule has 19 heavy (non-hydrogen) atoms. The van der Waals surface area contributed by atoms with Crippen molar-refractivity contribution in [3.63, 3.8) is 0 Å². The molecule has 0 bridgehead atoms. The molecule has 0 atom stereocenters. The number of rotatable bonds is 3. The first-order valence-electron chi connectivity index (χ1n) is 7.44. The van der Waals surface area contributed by atoms with E-state index in [1.165, 1.54) is 24.0 Å². The van der Waals surface area contributed by atoms with Gasteiger partial charge in [0.25, 0.3) is 0 Å². The molecule has 1 heteroatoms. The number of aryl methyl sites for hydroxylation is 1. The summed E-state index contributed by atoms with van der Waals surface area (Å²) in [5.74, 6) is 0. The van der Waals surface area contributed by atoms with Gasteiger partial charge in [-0.3, -0.25) is 0 Å². The summed E-state index contributed by atoms with van der Waals surface area (Å²) in [7, 11) is 0. The quantitative estimate of drug-likeness (QED) is 0.846. The minimum atomic E-state index is 0.192. The SMILES string of the molecule is Cc1ccc(C2(CNC(C)(C)C)CC(C)(C)C2)cc1. The van der Waals surface area contributed by atoms with Gasteiger partial charge >= 0.3 is 0 Å². The van der Waals surface area contributed by atoms with Crippen molar-refractivity contribution in [2.45, 2.75) is 65.3 Å². The third-order valence-electron chi connectivity index (χ3n) is 4.25. The predicted octanol–water partition coefficient (Wildman–Crippen LogP) is 4.44. The highest BCUT2D eigenvalue weighted by atomic mass is 15.0. The zero-order valence-corrected chi connectivity index (χ0v) is 13.4. The molecule has 0 saturated heterocycles. The Bertz CT molecular complexity index is 426. The maximum absolute atomic E-state index is 3.72. The average Bonchev–Trinajstić information content (AvgIpc) is 2.23. The van der Waals surface area contributed by atoms with E-state index < -0.39 is 0 Å². The van der Waals surface area contributed by atoms with Crippen molar-refractivity contribution in [3.8, 4) is 0 Å². The van der Waals surface area contributed by atoms with Crippen molar-refractivity contribution in [2.24, 2.45) is 5.41 Å². The van der Waals surface area contributed by atoms with Crippen LogP contribution in [0.2, 0.25) is 0 Å². The highest BCUT2D eigenvalue weighted by molar-refractivity contribution is 5.33. The minimum Gasteiger partial charge on any atom is -0.311 e. The Morgan fingerprint density at radius 2 is 1.58 bits per heavy atom. The van der Waals surface area contributed by atoms with Gasteiger partial charge in [-0.1, -0.05) is 43.7 Å². The summed E-state index contributed by atoms with van der Waals surface area (Å²) in [6.45, 7) is 14.8. The van der Waals surface area contributed by atoms with Crippen LogP contribution >= 0.6 is 0 Å². The number of nitrogens with one attached hydrogen (secondary N) is 1. The molecule has 2 rings (SSSR count). The van der Waals surface area contributed by atoms with E-state index in [0.717, 1.165) is 6.54 Å². The summed E-state index contributed by atoms with van der Waals surface area (Å²) in [5.41, 5.74) is 3.88. The van der Waals surface area contributed by atoms with Crippen LogP contribution in [0.5, 0.6) is 0 Å². The summed E-state index contributed by atoms with van der Waals surface area (Å²) in [4.78, 5) is 0. The first kappa shape index (κ1) is 14.6. The Balaban J connectivity index is 2.19. The predicted molar refractivity (Wildman–Crippen MR) is 83.6 cm³/mol. The fraction of sp³-hybridized carbons (Fsp3) is 0.667. The Morgan fingerprint density at radius 3 is 2.00 bits per heavy atom. The topological polar surface area (TPSA) is 12.0 Å². The van der Waals surface area contributed by atoms with Crippen LogP contribution in [-0.2, 0) is 5.41 Å². The van der Waals surface area contributed by atoms with Crippen LogP contribution in [0, 0.1) is 12.3 Å². The Kier molecular flexibility index (Phi) is 3.55. The second kappa shape index (κ2) is 4.63. The molecule has 1 N–H and O–H groups in total. The molecule has 106 valence electrons. The van der Waals surface area contributed by atoms with Crippen LogP contribution in [0.25, 0.3) is 0 Å². The van der Waals surface area contributed by atoms with Gasteiger partial charge in [0.1, 0.15) is 0 Å². The van der Waals surface area contributed by atoms with Crippen LogP contribution in [0.3, 0.4) is 0 Å².